The third-order valence-corrected chi connectivity index (χ3v) is 3.24. The molecule has 0 saturated heterocycles. The SMILES string of the molecule is COc1ccc(C(=O)CNC2=NCCCCC2)cc1. The summed E-state index contributed by atoms with van der Waals surface area (Å²) in [7, 11) is 1.61. The number of aliphatic imine (C=N–C) groups is 1. The van der Waals surface area contributed by atoms with E-state index in [1.165, 1.54) is 6.42 Å². The number of Topliss-reactive ketones (excluding diaryl/α,β-unsaturated/α-hetero) is 1. The normalized spacial score (nSPS) is 15.3. The van der Waals surface area contributed by atoms with Gasteiger partial charge in [-0.15, -0.1) is 0 Å². The predicted octanol–water partition coefficient (Wildman–Crippen LogP) is 2.44. The summed E-state index contributed by atoms with van der Waals surface area (Å²) in [6.45, 7) is 1.18. The van der Waals surface area contributed by atoms with Crippen LogP contribution in [0.4, 0.5) is 0 Å². The molecule has 1 aliphatic rings. The molecule has 1 aliphatic heterocycles. The van der Waals surface area contributed by atoms with Crippen LogP contribution in [0.5, 0.6) is 5.75 Å². The van der Waals surface area contributed by atoms with Gasteiger partial charge in [-0.2, -0.15) is 0 Å². The minimum absolute atomic E-state index is 0.0783. The fourth-order valence-electron chi connectivity index (χ4n) is 2.08. The molecule has 1 heterocycles. The number of rotatable bonds is 4. The molecule has 0 amide bonds. The highest BCUT2D eigenvalue weighted by molar-refractivity contribution is 5.99. The molecule has 0 radical (unpaired) electrons. The van der Waals surface area contributed by atoms with E-state index in [-0.39, 0.29) is 5.78 Å². The number of amidine groups is 1. The van der Waals surface area contributed by atoms with E-state index in [0.717, 1.165) is 37.4 Å². The maximum atomic E-state index is 12.0. The smallest absolute Gasteiger partial charge is 0.181 e. The standard InChI is InChI=1S/C15H20N2O2/c1-19-13-8-6-12(7-9-13)14(18)11-17-15-5-3-2-4-10-16-15/h6-9H,2-5,10-11H2,1H3,(H,16,17). The quantitative estimate of drug-likeness (QED) is 0.846. The van der Waals surface area contributed by atoms with Crippen LogP contribution in [0, 0.1) is 0 Å². The van der Waals surface area contributed by atoms with Crippen molar-refractivity contribution < 1.29 is 9.53 Å². The molecule has 0 spiro atoms. The lowest BCUT2D eigenvalue weighted by Crippen LogP contribution is -2.29. The van der Waals surface area contributed by atoms with Gasteiger partial charge in [0.1, 0.15) is 5.75 Å². The number of carbonyl (C=O) groups is 1. The average molecular weight is 260 g/mol. The van der Waals surface area contributed by atoms with Crippen LogP contribution in [0.3, 0.4) is 0 Å². The van der Waals surface area contributed by atoms with E-state index >= 15 is 0 Å². The topological polar surface area (TPSA) is 50.7 Å². The molecule has 0 atom stereocenters. The minimum atomic E-state index is 0.0783. The van der Waals surface area contributed by atoms with E-state index in [4.69, 9.17) is 4.74 Å². The van der Waals surface area contributed by atoms with Crippen LogP contribution < -0.4 is 10.1 Å². The third kappa shape index (κ3) is 4.09. The Morgan fingerprint density at radius 2 is 2.05 bits per heavy atom. The molecule has 0 fully saturated rings. The maximum Gasteiger partial charge on any atom is 0.181 e. The van der Waals surface area contributed by atoms with Crippen LogP contribution in [0.1, 0.15) is 36.0 Å². The molecule has 1 N–H and O–H groups in total. The van der Waals surface area contributed by atoms with Crippen molar-refractivity contribution >= 4 is 11.6 Å². The number of methoxy groups -OCH3 is 1. The lowest BCUT2D eigenvalue weighted by Gasteiger charge is -2.08. The van der Waals surface area contributed by atoms with Gasteiger partial charge in [0.15, 0.2) is 5.78 Å². The molecule has 2 rings (SSSR count). The van der Waals surface area contributed by atoms with Crippen molar-refractivity contribution in [1.29, 1.82) is 0 Å². The van der Waals surface area contributed by atoms with E-state index in [1.807, 2.05) is 0 Å². The van der Waals surface area contributed by atoms with Crippen molar-refractivity contribution in [3.05, 3.63) is 29.8 Å². The van der Waals surface area contributed by atoms with Gasteiger partial charge in [0.05, 0.1) is 19.5 Å². The summed E-state index contributed by atoms with van der Waals surface area (Å²) in [5.74, 6) is 1.81. The minimum Gasteiger partial charge on any atom is -0.497 e. The highest BCUT2D eigenvalue weighted by Crippen LogP contribution is 2.11. The summed E-state index contributed by atoms with van der Waals surface area (Å²) in [4.78, 5) is 16.5. The van der Waals surface area contributed by atoms with E-state index in [9.17, 15) is 4.79 Å². The zero-order valence-corrected chi connectivity index (χ0v) is 11.3. The molecule has 0 unspecified atom stereocenters. The molecule has 4 nitrogen and oxygen atoms in total. The van der Waals surface area contributed by atoms with Crippen LogP contribution in [0.25, 0.3) is 0 Å². The second-order valence-electron chi connectivity index (χ2n) is 4.64. The van der Waals surface area contributed by atoms with Gasteiger partial charge in [0.2, 0.25) is 0 Å². The van der Waals surface area contributed by atoms with Gasteiger partial charge in [0.25, 0.3) is 0 Å². The summed E-state index contributed by atoms with van der Waals surface area (Å²) in [6, 6.07) is 7.18. The second-order valence-corrected chi connectivity index (χ2v) is 4.64. The van der Waals surface area contributed by atoms with Crippen molar-refractivity contribution in [1.82, 2.24) is 5.32 Å². The van der Waals surface area contributed by atoms with Gasteiger partial charge >= 0.3 is 0 Å². The summed E-state index contributed by atoms with van der Waals surface area (Å²) in [5, 5.41) is 3.16. The number of nitrogens with zero attached hydrogens (tertiary/aromatic N) is 1. The Hall–Kier alpha value is -1.84. The first-order valence-corrected chi connectivity index (χ1v) is 6.74. The summed E-state index contributed by atoms with van der Waals surface area (Å²) < 4.78 is 5.07. The van der Waals surface area contributed by atoms with Gasteiger partial charge < -0.3 is 10.1 Å². The second kappa shape index (κ2) is 6.92. The molecular formula is C15H20N2O2. The van der Waals surface area contributed by atoms with Gasteiger partial charge in [-0.3, -0.25) is 9.79 Å². The van der Waals surface area contributed by atoms with Crippen molar-refractivity contribution in [2.75, 3.05) is 20.2 Å². The first-order valence-electron chi connectivity index (χ1n) is 6.74. The zero-order chi connectivity index (χ0) is 13.5. The largest absolute Gasteiger partial charge is 0.497 e. The molecule has 0 bridgehead atoms. The number of nitrogens with one attached hydrogen (secondary N) is 1. The Labute approximate surface area is 113 Å². The van der Waals surface area contributed by atoms with Gasteiger partial charge in [-0.25, -0.2) is 0 Å². The summed E-state index contributed by atoms with van der Waals surface area (Å²) in [5.41, 5.74) is 0.697. The van der Waals surface area contributed by atoms with Crippen molar-refractivity contribution in [2.24, 2.45) is 4.99 Å². The molecule has 1 aromatic carbocycles. The fourth-order valence-corrected chi connectivity index (χ4v) is 2.08. The number of ether oxygens (including phenoxy) is 1. The maximum absolute atomic E-state index is 12.0. The summed E-state index contributed by atoms with van der Waals surface area (Å²) in [6.07, 6.45) is 4.48. The Kier molecular flexibility index (Phi) is 4.95. The molecular weight excluding hydrogens is 240 g/mol. The van der Waals surface area contributed by atoms with Crippen LogP contribution in [-0.2, 0) is 0 Å². The van der Waals surface area contributed by atoms with E-state index in [2.05, 4.69) is 10.3 Å². The van der Waals surface area contributed by atoms with Crippen LogP contribution in [-0.4, -0.2) is 31.8 Å². The molecule has 0 saturated carbocycles. The first-order chi connectivity index (χ1) is 9.29. The van der Waals surface area contributed by atoms with E-state index in [1.54, 1.807) is 31.4 Å². The number of benzene rings is 1. The number of hydrogen-bond donors (Lipinski definition) is 1. The van der Waals surface area contributed by atoms with Crippen LogP contribution >= 0.6 is 0 Å². The lowest BCUT2D eigenvalue weighted by atomic mass is 10.1. The zero-order valence-electron chi connectivity index (χ0n) is 11.3. The fraction of sp³-hybridized carbons (Fsp3) is 0.467. The van der Waals surface area contributed by atoms with Gasteiger partial charge in [-0.05, 0) is 37.1 Å². The number of ketones is 1. The number of carbonyl (C=O) groups excluding carboxylic acids is 1. The third-order valence-electron chi connectivity index (χ3n) is 3.24. The predicted molar refractivity (Wildman–Crippen MR) is 76.1 cm³/mol. The van der Waals surface area contributed by atoms with E-state index < -0.39 is 0 Å². The van der Waals surface area contributed by atoms with Gasteiger partial charge in [-0.1, -0.05) is 6.42 Å². The van der Waals surface area contributed by atoms with Crippen molar-refractivity contribution in [3.8, 4) is 5.75 Å². The molecule has 4 heteroatoms. The monoisotopic (exact) mass is 260 g/mol. The highest BCUT2D eigenvalue weighted by Gasteiger charge is 2.08. The Balaban J connectivity index is 1.87. The Morgan fingerprint density at radius 3 is 2.79 bits per heavy atom. The molecule has 102 valence electrons. The van der Waals surface area contributed by atoms with Crippen molar-refractivity contribution in [2.45, 2.75) is 25.7 Å². The molecule has 0 aliphatic carbocycles. The highest BCUT2D eigenvalue weighted by atomic mass is 16.5. The van der Waals surface area contributed by atoms with Crippen LogP contribution in [0.15, 0.2) is 29.3 Å². The summed E-state index contributed by atoms with van der Waals surface area (Å²) >= 11 is 0. The Morgan fingerprint density at radius 1 is 1.26 bits per heavy atom. The molecule has 0 aromatic heterocycles. The van der Waals surface area contributed by atoms with Gasteiger partial charge in [0, 0.05) is 18.5 Å². The average Bonchev–Trinajstić information content (AvgIpc) is 2.73. The molecule has 19 heavy (non-hydrogen) atoms. The first kappa shape index (κ1) is 13.6. The number of hydrogen-bond acceptors (Lipinski definition) is 4. The Bertz CT molecular complexity index is 452. The van der Waals surface area contributed by atoms with E-state index in [0.29, 0.717) is 12.1 Å². The van der Waals surface area contributed by atoms with Crippen LogP contribution in [0.2, 0.25) is 0 Å². The van der Waals surface area contributed by atoms with Crippen molar-refractivity contribution in [3.63, 3.8) is 0 Å². The molecule has 1 aromatic rings. The lowest BCUT2D eigenvalue weighted by molar-refractivity contribution is 0.0996.